The van der Waals surface area contributed by atoms with Crippen molar-refractivity contribution in [3.63, 3.8) is 0 Å². The lowest BCUT2D eigenvalue weighted by Crippen LogP contribution is -2.04. The Balaban J connectivity index is 0.000000791. The number of pyridine rings is 1. The molecular formula is C18H21F3N4O. The van der Waals surface area contributed by atoms with Crippen LogP contribution in [0.3, 0.4) is 0 Å². The second kappa shape index (κ2) is 9.57. The molecule has 0 fully saturated rings. The minimum atomic E-state index is -4.32. The standard InChI is InChI=1S/C16H14F3N3.CH5N.CH2O/c1-2-10-7-13-14(9-21-15(13)20-8-10)22-12-5-3-11(4-6-12)16(17,18)19;2*1-2/h3-9,22H,2H2,1H3,(H,20,21);2H2,1H3;1H2. The zero-order valence-electron chi connectivity index (χ0n) is 14.5. The molecular weight excluding hydrogens is 345 g/mol. The molecule has 0 bridgehead atoms. The highest BCUT2D eigenvalue weighted by Crippen LogP contribution is 2.31. The number of hydrogen-bond donors (Lipinski definition) is 3. The van der Waals surface area contributed by atoms with Crippen molar-refractivity contribution in [3.8, 4) is 0 Å². The molecule has 0 aliphatic carbocycles. The molecule has 0 aliphatic rings. The van der Waals surface area contributed by atoms with E-state index < -0.39 is 11.7 Å². The monoisotopic (exact) mass is 366 g/mol. The van der Waals surface area contributed by atoms with Crippen LogP contribution in [0.2, 0.25) is 0 Å². The molecule has 0 saturated heterocycles. The highest BCUT2D eigenvalue weighted by atomic mass is 19.4. The van der Waals surface area contributed by atoms with E-state index in [1.807, 2.05) is 19.8 Å². The molecule has 140 valence electrons. The number of halogens is 3. The number of aryl methyl sites for hydroxylation is 1. The number of anilines is 2. The number of aromatic amines is 1. The number of benzene rings is 1. The van der Waals surface area contributed by atoms with Crippen LogP contribution < -0.4 is 11.1 Å². The van der Waals surface area contributed by atoms with Crippen LogP contribution in [0.15, 0.2) is 42.7 Å². The molecule has 26 heavy (non-hydrogen) atoms. The lowest BCUT2D eigenvalue weighted by atomic mass is 10.1. The fraction of sp³-hybridized carbons (Fsp3) is 0.222. The van der Waals surface area contributed by atoms with E-state index in [0.29, 0.717) is 5.69 Å². The number of H-pyrrole nitrogens is 1. The number of hydrogen-bond acceptors (Lipinski definition) is 4. The van der Waals surface area contributed by atoms with Crippen LogP contribution in [0.4, 0.5) is 24.5 Å². The van der Waals surface area contributed by atoms with Crippen molar-refractivity contribution in [1.82, 2.24) is 9.97 Å². The molecule has 3 aromatic rings. The maximum Gasteiger partial charge on any atom is 0.416 e. The Morgan fingerprint density at radius 3 is 2.35 bits per heavy atom. The largest absolute Gasteiger partial charge is 0.416 e. The first-order valence-corrected chi connectivity index (χ1v) is 7.74. The predicted molar refractivity (Wildman–Crippen MR) is 97.4 cm³/mol. The molecule has 2 aromatic heterocycles. The van der Waals surface area contributed by atoms with E-state index >= 15 is 0 Å². The number of carbonyl (C=O) groups is 1. The number of rotatable bonds is 3. The van der Waals surface area contributed by atoms with Crippen LogP contribution in [0, 0.1) is 0 Å². The maximum absolute atomic E-state index is 12.6. The van der Waals surface area contributed by atoms with E-state index in [2.05, 4.69) is 21.0 Å². The molecule has 8 heteroatoms. The average Bonchev–Trinajstić information content (AvgIpc) is 3.06. The number of fused-ring (bicyclic) bond motifs is 1. The molecule has 0 saturated carbocycles. The van der Waals surface area contributed by atoms with Gasteiger partial charge in [-0.1, -0.05) is 6.92 Å². The molecule has 1 aromatic carbocycles. The lowest BCUT2D eigenvalue weighted by molar-refractivity contribution is -0.137. The highest BCUT2D eigenvalue weighted by Gasteiger charge is 2.29. The van der Waals surface area contributed by atoms with Crippen LogP contribution >= 0.6 is 0 Å². The van der Waals surface area contributed by atoms with Crippen LogP contribution in [-0.4, -0.2) is 23.8 Å². The molecule has 0 atom stereocenters. The van der Waals surface area contributed by atoms with Gasteiger partial charge >= 0.3 is 6.18 Å². The molecule has 0 spiro atoms. The Morgan fingerprint density at radius 1 is 1.19 bits per heavy atom. The first-order valence-electron chi connectivity index (χ1n) is 7.74. The van der Waals surface area contributed by atoms with Gasteiger partial charge in [-0.2, -0.15) is 13.2 Å². The first-order chi connectivity index (χ1) is 12.5. The van der Waals surface area contributed by atoms with Gasteiger partial charge in [-0.3, -0.25) is 0 Å². The van der Waals surface area contributed by atoms with Crippen molar-refractivity contribution in [2.24, 2.45) is 5.73 Å². The molecule has 2 heterocycles. The van der Waals surface area contributed by atoms with E-state index in [1.54, 1.807) is 12.4 Å². The molecule has 0 radical (unpaired) electrons. The SMILES string of the molecule is C=O.CCc1cnc2[nH]cc(Nc3ccc(C(F)(F)F)cc3)c2c1.CN. The van der Waals surface area contributed by atoms with Crippen LogP contribution in [0.1, 0.15) is 18.1 Å². The van der Waals surface area contributed by atoms with E-state index in [4.69, 9.17) is 4.79 Å². The Morgan fingerprint density at radius 2 is 1.81 bits per heavy atom. The van der Waals surface area contributed by atoms with E-state index in [1.165, 1.54) is 19.2 Å². The molecule has 0 aliphatic heterocycles. The Hall–Kier alpha value is -2.87. The minimum Gasteiger partial charge on any atom is -0.354 e. The summed E-state index contributed by atoms with van der Waals surface area (Å²) >= 11 is 0. The summed E-state index contributed by atoms with van der Waals surface area (Å²) in [6.45, 7) is 4.04. The van der Waals surface area contributed by atoms with Gasteiger partial charge < -0.3 is 20.8 Å². The van der Waals surface area contributed by atoms with Gasteiger partial charge in [0.25, 0.3) is 0 Å². The number of nitrogens with zero attached hydrogens (tertiary/aromatic N) is 1. The van der Waals surface area contributed by atoms with Crippen LogP contribution in [0.5, 0.6) is 0 Å². The third kappa shape index (κ3) is 5.06. The second-order valence-corrected chi connectivity index (χ2v) is 5.00. The summed E-state index contributed by atoms with van der Waals surface area (Å²) in [4.78, 5) is 15.4. The average molecular weight is 366 g/mol. The molecule has 3 rings (SSSR count). The summed E-state index contributed by atoms with van der Waals surface area (Å²) in [5, 5.41) is 4.03. The van der Waals surface area contributed by atoms with Crippen molar-refractivity contribution < 1.29 is 18.0 Å². The molecule has 5 nitrogen and oxygen atoms in total. The van der Waals surface area contributed by atoms with Gasteiger partial charge in [-0.25, -0.2) is 4.98 Å². The Labute approximate surface area is 149 Å². The van der Waals surface area contributed by atoms with Crippen molar-refractivity contribution in [1.29, 1.82) is 0 Å². The first kappa shape index (κ1) is 21.2. The normalized spacial score (nSPS) is 10.4. The summed E-state index contributed by atoms with van der Waals surface area (Å²) in [7, 11) is 1.50. The smallest absolute Gasteiger partial charge is 0.354 e. The Bertz CT molecular complexity index is 813. The third-order valence-electron chi connectivity index (χ3n) is 3.49. The van der Waals surface area contributed by atoms with E-state index in [0.717, 1.165) is 40.8 Å². The highest BCUT2D eigenvalue weighted by molar-refractivity contribution is 5.92. The van der Waals surface area contributed by atoms with Crippen molar-refractivity contribution in [3.05, 3.63) is 53.9 Å². The fourth-order valence-electron chi connectivity index (χ4n) is 2.24. The summed E-state index contributed by atoms with van der Waals surface area (Å²) in [5.41, 5.74) is 7.06. The number of carbonyl (C=O) groups excluding carboxylic acids is 1. The Kier molecular flexibility index (Phi) is 7.79. The molecule has 0 unspecified atom stereocenters. The van der Waals surface area contributed by atoms with Gasteiger partial charge in [-0.05, 0) is 49.4 Å². The van der Waals surface area contributed by atoms with Gasteiger partial charge in [0.1, 0.15) is 12.4 Å². The van der Waals surface area contributed by atoms with Crippen molar-refractivity contribution in [2.45, 2.75) is 19.5 Å². The van der Waals surface area contributed by atoms with Gasteiger partial charge in [0.05, 0.1) is 11.3 Å². The second-order valence-electron chi connectivity index (χ2n) is 5.00. The van der Waals surface area contributed by atoms with Gasteiger partial charge in [0, 0.05) is 23.5 Å². The fourth-order valence-corrected chi connectivity index (χ4v) is 2.24. The summed E-state index contributed by atoms with van der Waals surface area (Å²) in [6, 6.07) is 6.97. The minimum absolute atomic E-state index is 0.593. The van der Waals surface area contributed by atoms with Gasteiger partial charge in [0.2, 0.25) is 0 Å². The number of aromatic nitrogens is 2. The predicted octanol–water partition coefficient (Wildman–Crippen LogP) is 4.28. The zero-order chi connectivity index (χ0) is 19.7. The summed E-state index contributed by atoms with van der Waals surface area (Å²) in [5.74, 6) is 0. The van der Waals surface area contributed by atoms with Gasteiger partial charge in [-0.15, -0.1) is 0 Å². The third-order valence-corrected chi connectivity index (χ3v) is 3.49. The summed E-state index contributed by atoms with van der Waals surface area (Å²) in [6.07, 6.45) is 0.114. The van der Waals surface area contributed by atoms with Crippen LogP contribution in [0.25, 0.3) is 11.0 Å². The van der Waals surface area contributed by atoms with Crippen LogP contribution in [-0.2, 0) is 17.4 Å². The zero-order valence-corrected chi connectivity index (χ0v) is 14.5. The van der Waals surface area contributed by atoms with Crippen molar-refractivity contribution in [2.75, 3.05) is 12.4 Å². The number of nitrogens with one attached hydrogen (secondary N) is 2. The quantitative estimate of drug-likeness (QED) is 0.646. The molecule has 0 amide bonds. The molecule has 4 N–H and O–H groups in total. The number of alkyl halides is 3. The topological polar surface area (TPSA) is 83.8 Å². The summed E-state index contributed by atoms with van der Waals surface area (Å²) < 4.78 is 37.7. The van der Waals surface area contributed by atoms with E-state index in [-0.39, 0.29) is 0 Å². The van der Waals surface area contributed by atoms with Crippen molar-refractivity contribution >= 4 is 29.2 Å². The maximum atomic E-state index is 12.6. The van der Waals surface area contributed by atoms with E-state index in [9.17, 15) is 13.2 Å². The van der Waals surface area contributed by atoms with Gasteiger partial charge in [0.15, 0.2) is 0 Å². The number of nitrogens with two attached hydrogens (primary N) is 1. The lowest BCUT2D eigenvalue weighted by Gasteiger charge is -2.09.